The zero-order valence-electron chi connectivity index (χ0n) is 14.7. The van der Waals surface area contributed by atoms with Gasteiger partial charge in [-0.05, 0) is 16.8 Å². The summed E-state index contributed by atoms with van der Waals surface area (Å²) in [7, 11) is 0. The minimum atomic E-state index is 0.553. The fourth-order valence-corrected chi connectivity index (χ4v) is 3.71. The molecule has 0 bridgehead atoms. The monoisotopic (exact) mass is 370 g/mol. The first-order valence-corrected chi connectivity index (χ1v) is 9.49. The summed E-state index contributed by atoms with van der Waals surface area (Å²) in [4.78, 5) is 9.57. The van der Waals surface area contributed by atoms with Gasteiger partial charge in [-0.25, -0.2) is 4.68 Å². The smallest absolute Gasteiger partial charge is 0.206 e. The summed E-state index contributed by atoms with van der Waals surface area (Å²) in [6.07, 6.45) is 7.13. The summed E-state index contributed by atoms with van der Waals surface area (Å²) < 4.78 is 1.89. The molecule has 0 aliphatic heterocycles. The van der Waals surface area contributed by atoms with Crippen LogP contribution in [0.4, 0.5) is 0 Å². The average Bonchev–Trinajstić information content (AvgIpc) is 3.13. The topological polar surface area (TPSA) is 42.5 Å². The number of pyridine rings is 1. The molecule has 0 atom stereocenters. The predicted octanol–water partition coefficient (Wildman–Crippen LogP) is 4.73. The van der Waals surface area contributed by atoms with Crippen molar-refractivity contribution < 1.29 is 0 Å². The predicted molar refractivity (Wildman–Crippen MR) is 113 cm³/mol. The van der Waals surface area contributed by atoms with Gasteiger partial charge in [-0.2, -0.15) is 5.10 Å². The van der Waals surface area contributed by atoms with Crippen molar-refractivity contribution in [3.05, 3.63) is 95.4 Å². The number of fused-ring (bicyclic) bond motifs is 1. The second kappa shape index (κ2) is 7.93. The maximum atomic E-state index is 4.71. The Balaban J connectivity index is 1.89. The van der Waals surface area contributed by atoms with Crippen LogP contribution < -0.4 is 4.80 Å². The van der Waals surface area contributed by atoms with Crippen molar-refractivity contribution >= 4 is 28.3 Å². The number of nitrogens with zero attached hydrogens (tertiary/aromatic N) is 4. The molecular formula is C22H18N4S. The van der Waals surface area contributed by atoms with E-state index >= 15 is 0 Å². The number of rotatable bonds is 5. The molecule has 0 radical (unpaired) electrons. The van der Waals surface area contributed by atoms with E-state index < -0.39 is 0 Å². The summed E-state index contributed by atoms with van der Waals surface area (Å²) in [6, 6.07) is 18.6. The lowest BCUT2D eigenvalue weighted by Crippen LogP contribution is -2.12. The third-order valence-corrected chi connectivity index (χ3v) is 4.97. The second-order valence-corrected chi connectivity index (χ2v) is 6.74. The third-order valence-electron chi connectivity index (χ3n) is 4.11. The molecule has 27 heavy (non-hydrogen) atoms. The van der Waals surface area contributed by atoms with Gasteiger partial charge in [0.1, 0.15) is 0 Å². The van der Waals surface area contributed by atoms with Crippen LogP contribution in [0, 0.1) is 0 Å². The molecule has 2 aromatic carbocycles. The minimum Gasteiger partial charge on any atom is -0.264 e. The molecule has 0 aliphatic carbocycles. The normalized spacial score (nSPS) is 12.1. The molecule has 4 nitrogen and oxygen atoms in total. The molecule has 0 saturated carbocycles. The largest absolute Gasteiger partial charge is 0.264 e. The van der Waals surface area contributed by atoms with E-state index in [1.165, 1.54) is 10.8 Å². The highest BCUT2D eigenvalue weighted by Gasteiger charge is 2.10. The molecule has 0 amide bonds. The summed E-state index contributed by atoms with van der Waals surface area (Å²) in [5.74, 6) is 0. The first-order chi connectivity index (χ1) is 13.4. The van der Waals surface area contributed by atoms with Crippen LogP contribution >= 0.6 is 11.3 Å². The average molecular weight is 370 g/mol. The highest BCUT2D eigenvalue weighted by atomic mass is 32.1. The molecule has 0 spiro atoms. The van der Waals surface area contributed by atoms with Gasteiger partial charge in [0, 0.05) is 28.9 Å². The van der Waals surface area contributed by atoms with Gasteiger partial charge < -0.3 is 0 Å². The Morgan fingerprint density at radius 1 is 1.07 bits per heavy atom. The zero-order chi connectivity index (χ0) is 18.5. The van der Waals surface area contributed by atoms with E-state index in [2.05, 4.69) is 64.4 Å². The van der Waals surface area contributed by atoms with Gasteiger partial charge in [0.2, 0.25) is 4.80 Å². The van der Waals surface area contributed by atoms with Crippen molar-refractivity contribution in [2.75, 3.05) is 6.54 Å². The standard InChI is InChI=1S/C22H18N4S/c1-2-12-24-22-26(25-15-17-7-6-13-23-14-17)21(16-27-22)20-11-5-9-18-8-3-4-10-19(18)20/h2-11,13-16H,1,12H2. The van der Waals surface area contributed by atoms with Gasteiger partial charge in [-0.1, -0.05) is 54.6 Å². The van der Waals surface area contributed by atoms with Gasteiger partial charge in [0.15, 0.2) is 0 Å². The van der Waals surface area contributed by atoms with Crippen molar-refractivity contribution in [1.29, 1.82) is 0 Å². The molecule has 4 rings (SSSR count). The number of hydrogen-bond donors (Lipinski definition) is 0. The minimum absolute atomic E-state index is 0.553. The van der Waals surface area contributed by atoms with E-state index in [0.29, 0.717) is 6.54 Å². The molecular weight excluding hydrogens is 352 g/mol. The fourth-order valence-electron chi connectivity index (χ4n) is 2.87. The maximum Gasteiger partial charge on any atom is 0.206 e. The Morgan fingerprint density at radius 3 is 2.81 bits per heavy atom. The lowest BCUT2D eigenvalue weighted by Gasteiger charge is -2.07. The number of aromatic nitrogens is 2. The van der Waals surface area contributed by atoms with Gasteiger partial charge in [0.25, 0.3) is 0 Å². The van der Waals surface area contributed by atoms with Crippen LogP contribution in [0.15, 0.2) is 95.1 Å². The van der Waals surface area contributed by atoms with E-state index in [1.807, 2.05) is 16.8 Å². The highest BCUT2D eigenvalue weighted by Crippen LogP contribution is 2.28. The zero-order valence-corrected chi connectivity index (χ0v) is 15.5. The van der Waals surface area contributed by atoms with Crippen LogP contribution in [0.25, 0.3) is 22.0 Å². The Hall–Kier alpha value is -3.31. The summed E-state index contributed by atoms with van der Waals surface area (Å²) in [6.45, 7) is 4.31. The van der Waals surface area contributed by atoms with Gasteiger partial charge >= 0.3 is 0 Å². The Labute approximate surface area is 161 Å². The van der Waals surface area contributed by atoms with Gasteiger partial charge in [-0.15, -0.1) is 17.9 Å². The molecule has 2 heterocycles. The van der Waals surface area contributed by atoms with Crippen LogP contribution in [-0.2, 0) is 0 Å². The maximum absolute atomic E-state index is 4.71. The van der Waals surface area contributed by atoms with E-state index in [0.717, 1.165) is 21.6 Å². The van der Waals surface area contributed by atoms with Gasteiger partial charge in [0.05, 0.1) is 18.5 Å². The summed E-state index contributed by atoms with van der Waals surface area (Å²) >= 11 is 1.57. The fraction of sp³-hybridized carbons (Fsp3) is 0.0455. The molecule has 0 aliphatic rings. The summed E-state index contributed by atoms with van der Waals surface area (Å²) in [5, 5.41) is 9.20. The molecule has 4 aromatic rings. The first kappa shape index (κ1) is 17.1. The van der Waals surface area contributed by atoms with Gasteiger partial charge in [-0.3, -0.25) is 9.98 Å². The third kappa shape index (κ3) is 3.64. The Kier molecular flexibility index (Phi) is 5.03. The van der Waals surface area contributed by atoms with Crippen molar-refractivity contribution in [1.82, 2.24) is 9.66 Å². The number of thiazole rings is 1. The van der Waals surface area contributed by atoms with E-state index in [4.69, 9.17) is 5.10 Å². The van der Waals surface area contributed by atoms with Crippen LogP contribution in [-0.4, -0.2) is 22.4 Å². The van der Waals surface area contributed by atoms with Crippen LogP contribution in [0.1, 0.15) is 5.56 Å². The molecule has 0 N–H and O–H groups in total. The molecule has 0 fully saturated rings. The molecule has 0 unspecified atom stereocenters. The quantitative estimate of drug-likeness (QED) is 0.370. The molecule has 5 heteroatoms. The lowest BCUT2D eigenvalue weighted by molar-refractivity contribution is 0.841. The SMILES string of the molecule is C=CCN=c1scc(-c2cccc3ccccc23)n1N=Cc1cccnc1. The molecule has 0 saturated heterocycles. The van der Waals surface area contributed by atoms with Crippen molar-refractivity contribution in [2.24, 2.45) is 10.1 Å². The second-order valence-electron chi connectivity index (χ2n) is 5.90. The lowest BCUT2D eigenvalue weighted by atomic mass is 10.0. The van der Waals surface area contributed by atoms with Crippen LogP contribution in [0.2, 0.25) is 0 Å². The summed E-state index contributed by atoms with van der Waals surface area (Å²) in [5.41, 5.74) is 3.09. The first-order valence-electron chi connectivity index (χ1n) is 8.61. The van der Waals surface area contributed by atoms with E-state index in [-0.39, 0.29) is 0 Å². The Morgan fingerprint density at radius 2 is 1.96 bits per heavy atom. The van der Waals surface area contributed by atoms with Crippen molar-refractivity contribution in [3.8, 4) is 11.3 Å². The van der Waals surface area contributed by atoms with E-state index in [9.17, 15) is 0 Å². The molecule has 2 aromatic heterocycles. The Bertz CT molecular complexity index is 1160. The van der Waals surface area contributed by atoms with E-state index in [1.54, 1.807) is 36.0 Å². The number of hydrogen-bond acceptors (Lipinski definition) is 4. The van der Waals surface area contributed by atoms with Crippen LogP contribution in [0.3, 0.4) is 0 Å². The number of benzene rings is 2. The molecule has 132 valence electrons. The van der Waals surface area contributed by atoms with Crippen molar-refractivity contribution in [2.45, 2.75) is 0 Å². The van der Waals surface area contributed by atoms with Crippen LogP contribution in [0.5, 0.6) is 0 Å². The van der Waals surface area contributed by atoms with Crippen molar-refractivity contribution in [3.63, 3.8) is 0 Å². The highest BCUT2D eigenvalue weighted by molar-refractivity contribution is 7.07.